The highest BCUT2D eigenvalue weighted by Crippen LogP contribution is 2.44. The normalized spacial score (nSPS) is 19.8. The van der Waals surface area contributed by atoms with E-state index in [9.17, 15) is 9.90 Å². The van der Waals surface area contributed by atoms with Crippen LogP contribution in [0.25, 0.3) is 0 Å². The molecule has 1 saturated carbocycles. The molecule has 2 N–H and O–H groups in total. The number of ether oxygens (including phenoxy) is 1. The summed E-state index contributed by atoms with van der Waals surface area (Å²) in [6.07, 6.45) is 5.25. The molecule has 1 rings (SSSR count). The van der Waals surface area contributed by atoms with Gasteiger partial charge in [-0.05, 0) is 51.9 Å². The zero-order chi connectivity index (χ0) is 13.8. The van der Waals surface area contributed by atoms with Crippen LogP contribution in [0.1, 0.15) is 59.8 Å². The lowest BCUT2D eigenvalue weighted by molar-refractivity contribution is 0.0462. The number of nitrogens with one attached hydrogen (secondary N) is 1. The first-order valence-electron chi connectivity index (χ1n) is 6.84. The second kappa shape index (κ2) is 5.91. The summed E-state index contributed by atoms with van der Waals surface area (Å²) in [5.74, 6) is 0. The number of hydrogen-bond acceptors (Lipinski definition) is 3. The van der Waals surface area contributed by atoms with E-state index in [1.807, 2.05) is 20.8 Å². The molecule has 0 radical (unpaired) electrons. The van der Waals surface area contributed by atoms with Gasteiger partial charge in [-0.3, -0.25) is 0 Å². The van der Waals surface area contributed by atoms with Crippen molar-refractivity contribution in [2.24, 2.45) is 5.41 Å². The highest BCUT2D eigenvalue weighted by Gasteiger charge is 2.32. The van der Waals surface area contributed by atoms with Gasteiger partial charge in [-0.1, -0.05) is 13.3 Å². The summed E-state index contributed by atoms with van der Waals surface area (Å²) in [5.41, 5.74) is -0.0763. The molecule has 0 aromatic rings. The van der Waals surface area contributed by atoms with Gasteiger partial charge in [0, 0.05) is 0 Å². The first-order valence-corrected chi connectivity index (χ1v) is 6.84. The van der Waals surface area contributed by atoms with Gasteiger partial charge in [-0.25, -0.2) is 4.79 Å². The molecule has 0 heterocycles. The van der Waals surface area contributed by atoms with E-state index in [1.165, 1.54) is 19.3 Å². The molecule has 1 fully saturated rings. The van der Waals surface area contributed by atoms with Crippen molar-refractivity contribution >= 4 is 6.09 Å². The summed E-state index contributed by atoms with van der Waals surface area (Å²) in [4.78, 5) is 11.6. The molecule has 4 heteroatoms. The Morgan fingerprint density at radius 3 is 2.44 bits per heavy atom. The number of carbonyl (C=O) groups excluding carboxylic acids is 1. The van der Waals surface area contributed by atoms with Crippen LogP contribution in [0.5, 0.6) is 0 Å². The molecule has 1 aliphatic carbocycles. The van der Waals surface area contributed by atoms with Gasteiger partial charge in [0.2, 0.25) is 0 Å². The third kappa shape index (κ3) is 5.25. The molecule has 0 aliphatic heterocycles. The Morgan fingerprint density at radius 2 is 2.06 bits per heavy atom. The zero-order valence-corrected chi connectivity index (χ0v) is 12.1. The maximum absolute atomic E-state index is 11.6. The van der Waals surface area contributed by atoms with Gasteiger partial charge in [0.05, 0.1) is 12.6 Å². The second-order valence-corrected chi connectivity index (χ2v) is 6.73. The third-order valence-electron chi connectivity index (χ3n) is 3.60. The average Bonchev–Trinajstić information content (AvgIpc) is 2.18. The molecule has 1 atom stereocenters. The van der Waals surface area contributed by atoms with Gasteiger partial charge >= 0.3 is 6.09 Å². The van der Waals surface area contributed by atoms with Crippen LogP contribution in [-0.2, 0) is 4.74 Å². The van der Waals surface area contributed by atoms with Crippen LogP contribution in [0.15, 0.2) is 0 Å². The first kappa shape index (κ1) is 15.3. The summed E-state index contributed by atoms with van der Waals surface area (Å²) in [6, 6.07) is -0.197. The number of aliphatic hydroxyl groups is 1. The Hall–Kier alpha value is -0.770. The Labute approximate surface area is 110 Å². The minimum atomic E-state index is -0.496. The molecule has 18 heavy (non-hydrogen) atoms. The SMILES string of the molecule is CC1(CCC(CO)NC(=O)OC(C)(C)C)CCC1. The Bertz CT molecular complexity index is 279. The fraction of sp³-hybridized carbons (Fsp3) is 0.929. The Kier molecular flexibility index (Phi) is 5.02. The average molecular weight is 257 g/mol. The van der Waals surface area contributed by atoms with Crippen molar-refractivity contribution in [3.63, 3.8) is 0 Å². The summed E-state index contributed by atoms with van der Waals surface area (Å²) >= 11 is 0. The number of hydrogen-bond donors (Lipinski definition) is 2. The molecule has 0 aromatic carbocycles. The van der Waals surface area contributed by atoms with Gasteiger partial charge in [0.1, 0.15) is 5.60 Å². The van der Waals surface area contributed by atoms with Crippen molar-refractivity contribution in [2.75, 3.05) is 6.61 Å². The molecule has 106 valence electrons. The highest BCUT2D eigenvalue weighted by molar-refractivity contribution is 5.68. The monoisotopic (exact) mass is 257 g/mol. The number of aliphatic hydroxyl groups excluding tert-OH is 1. The summed E-state index contributed by atoms with van der Waals surface area (Å²) in [7, 11) is 0. The summed E-state index contributed by atoms with van der Waals surface area (Å²) in [5, 5.41) is 12.0. The van der Waals surface area contributed by atoms with Crippen LogP contribution >= 0.6 is 0 Å². The molecule has 1 unspecified atom stereocenters. The fourth-order valence-electron chi connectivity index (χ4n) is 2.24. The van der Waals surface area contributed by atoms with Crippen LogP contribution < -0.4 is 5.32 Å². The van der Waals surface area contributed by atoms with E-state index in [2.05, 4.69) is 12.2 Å². The van der Waals surface area contributed by atoms with E-state index in [1.54, 1.807) is 0 Å². The minimum Gasteiger partial charge on any atom is -0.444 e. The van der Waals surface area contributed by atoms with Crippen LogP contribution in [0, 0.1) is 5.41 Å². The van der Waals surface area contributed by atoms with Gasteiger partial charge in [0.15, 0.2) is 0 Å². The molecule has 4 nitrogen and oxygen atoms in total. The van der Waals surface area contributed by atoms with Crippen LogP contribution in [0.4, 0.5) is 4.79 Å². The van der Waals surface area contributed by atoms with Crippen molar-refractivity contribution < 1.29 is 14.6 Å². The fourth-order valence-corrected chi connectivity index (χ4v) is 2.24. The quantitative estimate of drug-likeness (QED) is 0.796. The third-order valence-corrected chi connectivity index (χ3v) is 3.60. The maximum atomic E-state index is 11.6. The van der Waals surface area contributed by atoms with E-state index in [-0.39, 0.29) is 12.6 Å². The predicted octanol–water partition coefficient (Wildman–Crippen LogP) is 2.84. The number of rotatable bonds is 5. The topological polar surface area (TPSA) is 58.6 Å². The Morgan fingerprint density at radius 1 is 1.44 bits per heavy atom. The number of alkyl carbamates (subject to hydrolysis) is 1. The van der Waals surface area contributed by atoms with Gasteiger partial charge < -0.3 is 15.2 Å². The molecule has 1 amide bonds. The minimum absolute atomic E-state index is 0.0324. The second-order valence-electron chi connectivity index (χ2n) is 6.73. The highest BCUT2D eigenvalue weighted by atomic mass is 16.6. The van der Waals surface area contributed by atoms with Crippen molar-refractivity contribution in [1.82, 2.24) is 5.32 Å². The first-order chi connectivity index (χ1) is 8.24. The zero-order valence-electron chi connectivity index (χ0n) is 12.1. The van der Waals surface area contributed by atoms with Crippen LogP contribution in [-0.4, -0.2) is 29.4 Å². The van der Waals surface area contributed by atoms with Crippen molar-refractivity contribution in [3.05, 3.63) is 0 Å². The summed E-state index contributed by atoms with van der Waals surface area (Å²) < 4.78 is 5.18. The molecular weight excluding hydrogens is 230 g/mol. The molecule has 0 saturated heterocycles. The lowest BCUT2D eigenvalue weighted by Crippen LogP contribution is -2.42. The van der Waals surface area contributed by atoms with Crippen LogP contribution in [0.2, 0.25) is 0 Å². The van der Waals surface area contributed by atoms with Gasteiger partial charge in [-0.2, -0.15) is 0 Å². The smallest absolute Gasteiger partial charge is 0.407 e. The van der Waals surface area contributed by atoms with Crippen LogP contribution in [0.3, 0.4) is 0 Å². The predicted molar refractivity (Wildman–Crippen MR) is 71.4 cm³/mol. The Balaban J connectivity index is 2.30. The maximum Gasteiger partial charge on any atom is 0.407 e. The van der Waals surface area contributed by atoms with Crippen molar-refractivity contribution in [3.8, 4) is 0 Å². The lowest BCUT2D eigenvalue weighted by atomic mass is 9.67. The van der Waals surface area contributed by atoms with Gasteiger partial charge in [0.25, 0.3) is 0 Å². The molecule has 0 aromatic heterocycles. The molecule has 0 bridgehead atoms. The van der Waals surface area contributed by atoms with Crippen molar-refractivity contribution in [1.29, 1.82) is 0 Å². The molecule has 0 spiro atoms. The van der Waals surface area contributed by atoms with E-state index < -0.39 is 11.7 Å². The van der Waals surface area contributed by atoms with E-state index in [4.69, 9.17) is 4.74 Å². The number of carbonyl (C=O) groups is 1. The van der Waals surface area contributed by atoms with E-state index in [0.717, 1.165) is 12.8 Å². The van der Waals surface area contributed by atoms with Crippen molar-refractivity contribution in [2.45, 2.75) is 71.4 Å². The summed E-state index contributed by atoms with van der Waals surface area (Å²) in [6.45, 7) is 7.73. The standard InChI is InChI=1S/C14H27NO3/c1-13(2,3)18-12(17)15-11(10-16)6-9-14(4)7-5-8-14/h11,16H,5-10H2,1-4H3,(H,15,17). The van der Waals surface area contributed by atoms with Gasteiger partial charge in [-0.15, -0.1) is 0 Å². The van der Waals surface area contributed by atoms with E-state index in [0.29, 0.717) is 5.41 Å². The molecule has 1 aliphatic rings. The number of amides is 1. The lowest BCUT2D eigenvalue weighted by Gasteiger charge is -2.39. The molecular formula is C14H27NO3. The van der Waals surface area contributed by atoms with E-state index >= 15 is 0 Å². The largest absolute Gasteiger partial charge is 0.444 e.